The van der Waals surface area contributed by atoms with E-state index in [-0.39, 0.29) is 18.2 Å². The van der Waals surface area contributed by atoms with E-state index in [0.717, 1.165) is 55.8 Å². The van der Waals surface area contributed by atoms with Gasteiger partial charge in [0.2, 0.25) is 0 Å². The maximum Gasteiger partial charge on any atom is 0.501 e. The third-order valence-corrected chi connectivity index (χ3v) is 6.77. The molecule has 0 spiro atoms. The van der Waals surface area contributed by atoms with Crippen LogP contribution in [0.3, 0.4) is 0 Å². The summed E-state index contributed by atoms with van der Waals surface area (Å²) in [6.45, 7) is 2.02. The number of carbonyl (C=O) groups excluding carboxylic acids is 1. The Hall–Kier alpha value is -2.59. The van der Waals surface area contributed by atoms with Crippen molar-refractivity contribution in [2.45, 2.75) is 29.3 Å². The van der Waals surface area contributed by atoms with Crippen molar-refractivity contribution in [3.63, 3.8) is 0 Å². The number of rotatable bonds is 7. The van der Waals surface area contributed by atoms with Gasteiger partial charge >= 0.3 is 5.51 Å². The van der Waals surface area contributed by atoms with Crippen molar-refractivity contribution in [1.82, 2.24) is 10.2 Å². The molecule has 1 atom stereocenters. The van der Waals surface area contributed by atoms with Gasteiger partial charge in [0.1, 0.15) is 5.75 Å². The third kappa shape index (κ3) is 5.01. The molecule has 168 valence electrons. The lowest BCUT2D eigenvalue weighted by atomic mass is 10.0. The zero-order valence-electron chi connectivity index (χ0n) is 16.9. The van der Waals surface area contributed by atoms with Gasteiger partial charge < -0.3 is 10.1 Å². The molecule has 1 aliphatic rings. The molecule has 2 aromatic rings. The predicted molar refractivity (Wildman–Crippen MR) is 109 cm³/mol. The Labute approximate surface area is 178 Å². The number of hydrogen-bond donors (Lipinski definition) is 1. The highest BCUT2D eigenvalue weighted by Gasteiger charge is 2.46. The Bertz CT molecular complexity index is 1020. The number of hydrogen-bond acceptors (Lipinski definition) is 5. The topological polar surface area (TPSA) is 75.7 Å². The van der Waals surface area contributed by atoms with Gasteiger partial charge in [0.15, 0.2) is 0 Å². The van der Waals surface area contributed by atoms with Crippen LogP contribution in [0.25, 0.3) is 0 Å². The second-order valence-corrected chi connectivity index (χ2v) is 9.13. The van der Waals surface area contributed by atoms with Crippen LogP contribution in [0.15, 0.2) is 53.4 Å². The fourth-order valence-corrected chi connectivity index (χ4v) is 4.40. The smallest absolute Gasteiger partial charge is 0.496 e. The maximum absolute atomic E-state index is 12.7. The molecule has 31 heavy (non-hydrogen) atoms. The Kier molecular flexibility index (Phi) is 6.90. The molecule has 1 heterocycles. The van der Waals surface area contributed by atoms with Crippen LogP contribution in [0.4, 0.5) is 13.2 Å². The molecule has 1 amide bonds. The van der Waals surface area contributed by atoms with E-state index in [4.69, 9.17) is 4.74 Å². The number of likely N-dealkylation sites (tertiary alicyclic amines) is 1. The van der Waals surface area contributed by atoms with Gasteiger partial charge in [-0.05, 0) is 56.3 Å². The summed E-state index contributed by atoms with van der Waals surface area (Å²) in [5.41, 5.74) is -4.39. The number of alkyl halides is 3. The summed E-state index contributed by atoms with van der Waals surface area (Å²) in [5.74, 6) is 0.199. The lowest BCUT2D eigenvalue weighted by Gasteiger charge is -2.29. The fourth-order valence-electron chi connectivity index (χ4n) is 3.64. The van der Waals surface area contributed by atoms with Crippen LogP contribution < -0.4 is 10.1 Å². The molecule has 6 nitrogen and oxygen atoms in total. The largest absolute Gasteiger partial charge is 0.501 e. The molecule has 0 saturated carbocycles. The summed E-state index contributed by atoms with van der Waals surface area (Å²) >= 11 is 0. The van der Waals surface area contributed by atoms with E-state index in [9.17, 15) is 26.4 Å². The first-order valence-corrected chi connectivity index (χ1v) is 11.2. The molecule has 1 aliphatic heterocycles. The summed E-state index contributed by atoms with van der Waals surface area (Å²) < 4.78 is 66.4. The summed E-state index contributed by atoms with van der Waals surface area (Å²) in [6.07, 6.45) is 2.10. The van der Waals surface area contributed by atoms with Gasteiger partial charge in [-0.25, -0.2) is 8.42 Å². The minimum absolute atomic E-state index is 0.0707. The van der Waals surface area contributed by atoms with E-state index < -0.39 is 26.1 Å². The van der Waals surface area contributed by atoms with Crippen LogP contribution in [-0.2, 0) is 9.84 Å². The maximum atomic E-state index is 12.7. The van der Waals surface area contributed by atoms with E-state index in [0.29, 0.717) is 5.75 Å². The van der Waals surface area contributed by atoms with E-state index in [2.05, 4.69) is 10.2 Å². The number of methoxy groups -OCH3 is 1. The second-order valence-electron chi connectivity index (χ2n) is 7.18. The molecule has 3 rings (SSSR count). The van der Waals surface area contributed by atoms with Crippen molar-refractivity contribution in [2.75, 3.05) is 26.7 Å². The minimum Gasteiger partial charge on any atom is -0.496 e. The van der Waals surface area contributed by atoms with Crippen molar-refractivity contribution >= 4 is 15.7 Å². The Balaban J connectivity index is 1.75. The van der Waals surface area contributed by atoms with Gasteiger partial charge in [-0.1, -0.05) is 18.2 Å². The molecule has 10 heteroatoms. The summed E-state index contributed by atoms with van der Waals surface area (Å²) in [7, 11) is -3.87. The van der Waals surface area contributed by atoms with Crippen molar-refractivity contribution in [3.8, 4) is 5.75 Å². The van der Waals surface area contributed by atoms with Crippen molar-refractivity contribution < 1.29 is 31.1 Å². The molecular weight excluding hydrogens is 433 g/mol. The highest BCUT2D eigenvalue weighted by atomic mass is 32.2. The molecule has 0 radical (unpaired) electrons. The van der Waals surface area contributed by atoms with Gasteiger partial charge in [-0.3, -0.25) is 9.69 Å². The van der Waals surface area contributed by atoms with Gasteiger partial charge in [-0.15, -0.1) is 0 Å². The number of amides is 1. The number of halogens is 3. The molecular formula is C21H23F3N2O4S. The molecule has 0 bridgehead atoms. The highest BCUT2D eigenvalue weighted by Crippen LogP contribution is 2.32. The first-order valence-electron chi connectivity index (χ1n) is 9.71. The first kappa shape index (κ1) is 23.1. The average molecular weight is 456 g/mol. The van der Waals surface area contributed by atoms with E-state index in [1.165, 1.54) is 0 Å². The van der Waals surface area contributed by atoms with E-state index >= 15 is 0 Å². The van der Waals surface area contributed by atoms with Crippen LogP contribution in [-0.4, -0.2) is 51.5 Å². The number of carbonyl (C=O) groups is 1. The average Bonchev–Trinajstić information content (AvgIpc) is 3.28. The minimum atomic E-state index is -5.45. The van der Waals surface area contributed by atoms with Crippen molar-refractivity contribution in [3.05, 3.63) is 59.7 Å². The number of nitrogens with one attached hydrogen (secondary N) is 1. The number of sulfone groups is 1. The molecule has 0 aliphatic carbocycles. The molecule has 1 N–H and O–H groups in total. The predicted octanol–water partition coefficient (Wildman–Crippen LogP) is 3.56. The Morgan fingerprint density at radius 2 is 1.71 bits per heavy atom. The first-order chi connectivity index (χ1) is 14.6. The number of nitrogens with zero attached hydrogens (tertiary/aromatic N) is 1. The summed E-state index contributed by atoms with van der Waals surface area (Å²) in [4.78, 5) is 13.9. The number of para-hydroxylation sites is 1. The Morgan fingerprint density at radius 3 is 2.29 bits per heavy atom. The molecule has 1 saturated heterocycles. The third-order valence-electron chi connectivity index (χ3n) is 5.27. The molecule has 2 aromatic carbocycles. The van der Waals surface area contributed by atoms with Crippen LogP contribution in [0.1, 0.15) is 34.8 Å². The van der Waals surface area contributed by atoms with Gasteiger partial charge in [0.25, 0.3) is 15.7 Å². The summed E-state index contributed by atoms with van der Waals surface area (Å²) in [5, 5.41) is 2.81. The van der Waals surface area contributed by atoms with Crippen molar-refractivity contribution in [1.29, 1.82) is 0 Å². The quantitative estimate of drug-likeness (QED) is 0.690. The zero-order valence-corrected chi connectivity index (χ0v) is 17.7. The van der Waals surface area contributed by atoms with Crippen LogP contribution in [0.2, 0.25) is 0 Å². The van der Waals surface area contributed by atoms with E-state index in [1.807, 2.05) is 24.3 Å². The van der Waals surface area contributed by atoms with Crippen molar-refractivity contribution in [2.24, 2.45) is 0 Å². The highest BCUT2D eigenvalue weighted by molar-refractivity contribution is 7.92. The van der Waals surface area contributed by atoms with Crippen LogP contribution >= 0.6 is 0 Å². The lowest BCUT2D eigenvalue weighted by molar-refractivity contribution is -0.0436. The fraction of sp³-hybridized carbons (Fsp3) is 0.381. The summed E-state index contributed by atoms with van der Waals surface area (Å²) in [6, 6.07) is 11.1. The lowest BCUT2D eigenvalue weighted by Crippen LogP contribution is -2.37. The molecule has 0 aromatic heterocycles. The number of ether oxygens (including phenoxy) is 1. The van der Waals surface area contributed by atoms with Gasteiger partial charge in [0.05, 0.1) is 18.0 Å². The molecule has 1 fully saturated rings. The SMILES string of the molecule is COc1ccccc1C(CNC(=O)c1ccc(S(=O)(=O)C(F)(F)F)cc1)N1CCCC1. The normalized spacial score (nSPS) is 16.1. The van der Waals surface area contributed by atoms with Crippen LogP contribution in [0.5, 0.6) is 5.75 Å². The Morgan fingerprint density at radius 1 is 1.10 bits per heavy atom. The molecule has 1 unspecified atom stereocenters. The van der Waals surface area contributed by atoms with Gasteiger partial charge in [0, 0.05) is 17.7 Å². The van der Waals surface area contributed by atoms with Crippen LogP contribution in [0, 0.1) is 0 Å². The zero-order chi connectivity index (χ0) is 22.6. The second kappa shape index (κ2) is 9.27. The standard InChI is InChI=1S/C21H23F3N2O4S/c1-30-19-7-3-2-6-17(19)18(26-12-4-5-13-26)14-25-20(27)15-8-10-16(11-9-15)31(28,29)21(22,23)24/h2-3,6-11,18H,4-5,12-14H2,1H3,(H,25,27). The van der Waals surface area contributed by atoms with Gasteiger partial charge in [-0.2, -0.15) is 13.2 Å². The monoisotopic (exact) mass is 456 g/mol. The van der Waals surface area contributed by atoms with E-state index in [1.54, 1.807) is 7.11 Å². The number of benzene rings is 2.